The number of hydrogen-bond donors (Lipinski definition) is 1. The van der Waals surface area contributed by atoms with Crippen LogP contribution in [0.15, 0.2) is 18.2 Å². The van der Waals surface area contributed by atoms with Crippen molar-refractivity contribution in [2.45, 2.75) is 13.3 Å². The van der Waals surface area contributed by atoms with Crippen LogP contribution in [-0.2, 0) is 4.79 Å². The first-order valence-corrected chi connectivity index (χ1v) is 6.85. The lowest BCUT2D eigenvalue weighted by atomic mass is 10.1. The fourth-order valence-electron chi connectivity index (χ4n) is 1.72. The molecule has 1 heterocycles. The highest BCUT2D eigenvalue weighted by atomic mass is 35.5. The predicted octanol–water partition coefficient (Wildman–Crippen LogP) is 3.34. The van der Waals surface area contributed by atoms with Gasteiger partial charge < -0.3 is 5.32 Å². The zero-order valence-electron chi connectivity index (χ0n) is 9.13. The molecule has 0 aromatic heterocycles. The van der Waals surface area contributed by atoms with Gasteiger partial charge in [-0.1, -0.05) is 17.7 Å². The lowest BCUT2D eigenvalue weighted by molar-refractivity contribution is -0.119. The average Bonchev–Trinajstić information content (AvgIpc) is 2.78. The summed E-state index contributed by atoms with van der Waals surface area (Å²) < 4.78 is 0. The van der Waals surface area contributed by atoms with E-state index in [1.165, 1.54) is 0 Å². The largest absolute Gasteiger partial charge is 0.326 e. The molecule has 2 nitrogen and oxygen atoms in total. The molecule has 1 aliphatic heterocycles. The van der Waals surface area contributed by atoms with Crippen molar-refractivity contribution in [1.82, 2.24) is 0 Å². The van der Waals surface area contributed by atoms with Gasteiger partial charge in [-0.15, -0.1) is 0 Å². The van der Waals surface area contributed by atoms with Crippen LogP contribution in [0.1, 0.15) is 12.0 Å². The van der Waals surface area contributed by atoms with Gasteiger partial charge in [0.2, 0.25) is 5.91 Å². The molecule has 16 heavy (non-hydrogen) atoms. The predicted molar refractivity (Wildman–Crippen MR) is 70.3 cm³/mol. The Kier molecular flexibility index (Phi) is 3.77. The smallest absolute Gasteiger partial charge is 0.228 e. The Bertz CT molecular complexity index is 402. The van der Waals surface area contributed by atoms with Crippen molar-refractivity contribution in [3.8, 4) is 0 Å². The molecule has 4 heteroatoms. The van der Waals surface area contributed by atoms with Crippen molar-refractivity contribution in [3.63, 3.8) is 0 Å². The van der Waals surface area contributed by atoms with Gasteiger partial charge in [-0.3, -0.25) is 4.79 Å². The van der Waals surface area contributed by atoms with Crippen molar-refractivity contribution in [1.29, 1.82) is 0 Å². The van der Waals surface area contributed by atoms with E-state index < -0.39 is 0 Å². The standard InChI is InChI=1S/C12H14ClNOS/c1-8-10(13)3-2-4-11(8)14-12(15)9-5-6-16-7-9/h2-4,9H,5-7H2,1H3,(H,14,15). The Morgan fingerprint density at radius 3 is 3.06 bits per heavy atom. The molecule has 1 N–H and O–H groups in total. The topological polar surface area (TPSA) is 29.1 Å². The van der Waals surface area contributed by atoms with E-state index in [2.05, 4.69) is 5.32 Å². The van der Waals surface area contributed by atoms with Crippen LogP contribution in [0.2, 0.25) is 5.02 Å². The molecule has 0 radical (unpaired) electrons. The summed E-state index contributed by atoms with van der Waals surface area (Å²) in [7, 11) is 0. The lowest BCUT2D eigenvalue weighted by Crippen LogP contribution is -2.22. The highest BCUT2D eigenvalue weighted by molar-refractivity contribution is 7.99. The van der Waals surface area contributed by atoms with Gasteiger partial charge in [0.1, 0.15) is 0 Å². The van der Waals surface area contributed by atoms with Crippen LogP contribution in [0.5, 0.6) is 0 Å². The minimum Gasteiger partial charge on any atom is -0.326 e. The normalized spacial score (nSPS) is 19.8. The number of thioether (sulfide) groups is 1. The number of benzene rings is 1. The molecular weight excluding hydrogens is 242 g/mol. The fraction of sp³-hybridized carbons (Fsp3) is 0.417. The fourth-order valence-corrected chi connectivity index (χ4v) is 3.11. The summed E-state index contributed by atoms with van der Waals surface area (Å²) in [5.74, 6) is 2.30. The van der Waals surface area contributed by atoms with E-state index in [0.29, 0.717) is 5.02 Å². The minimum atomic E-state index is 0.121. The molecule has 1 fully saturated rings. The van der Waals surface area contributed by atoms with Gasteiger partial charge in [0.05, 0.1) is 0 Å². The van der Waals surface area contributed by atoms with Gasteiger partial charge in [-0.25, -0.2) is 0 Å². The minimum absolute atomic E-state index is 0.121. The molecule has 2 rings (SSSR count). The molecule has 0 saturated carbocycles. The van der Waals surface area contributed by atoms with Crippen LogP contribution in [0, 0.1) is 12.8 Å². The Labute approximate surface area is 105 Å². The molecule has 1 amide bonds. The summed E-state index contributed by atoms with van der Waals surface area (Å²) in [4.78, 5) is 11.9. The highest BCUT2D eigenvalue weighted by Crippen LogP contribution is 2.27. The van der Waals surface area contributed by atoms with E-state index in [0.717, 1.165) is 29.2 Å². The number of hydrogen-bond acceptors (Lipinski definition) is 2. The van der Waals surface area contributed by atoms with E-state index in [4.69, 9.17) is 11.6 Å². The number of carbonyl (C=O) groups is 1. The molecule has 1 aliphatic rings. The van der Waals surface area contributed by atoms with Crippen molar-refractivity contribution < 1.29 is 4.79 Å². The molecular formula is C12H14ClNOS. The zero-order valence-corrected chi connectivity index (χ0v) is 10.7. The summed E-state index contributed by atoms with van der Waals surface area (Å²) in [6.45, 7) is 1.92. The van der Waals surface area contributed by atoms with Gasteiger partial charge in [-0.2, -0.15) is 11.8 Å². The second-order valence-electron chi connectivity index (χ2n) is 3.96. The monoisotopic (exact) mass is 255 g/mol. The maximum absolute atomic E-state index is 11.9. The number of anilines is 1. The van der Waals surface area contributed by atoms with Crippen LogP contribution < -0.4 is 5.32 Å². The molecule has 1 unspecified atom stereocenters. The van der Waals surface area contributed by atoms with E-state index in [1.54, 1.807) is 0 Å². The summed E-state index contributed by atoms with van der Waals surface area (Å²) in [6, 6.07) is 5.58. The molecule has 86 valence electrons. The third kappa shape index (κ3) is 2.53. The molecule has 0 bridgehead atoms. The Morgan fingerprint density at radius 1 is 1.56 bits per heavy atom. The molecule has 1 saturated heterocycles. The third-order valence-electron chi connectivity index (χ3n) is 2.83. The first kappa shape index (κ1) is 11.8. The number of carbonyl (C=O) groups excluding carboxylic acids is 1. The third-order valence-corrected chi connectivity index (χ3v) is 4.40. The SMILES string of the molecule is Cc1c(Cl)cccc1NC(=O)C1CCSC1. The maximum Gasteiger partial charge on any atom is 0.228 e. The summed E-state index contributed by atoms with van der Waals surface area (Å²) in [5, 5.41) is 3.65. The van der Waals surface area contributed by atoms with Crippen molar-refractivity contribution >= 4 is 35.0 Å². The van der Waals surface area contributed by atoms with E-state index in [1.807, 2.05) is 36.9 Å². The van der Waals surface area contributed by atoms with Crippen LogP contribution in [0.25, 0.3) is 0 Å². The summed E-state index contributed by atoms with van der Waals surface area (Å²) in [6.07, 6.45) is 0.982. The van der Waals surface area contributed by atoms with Crippen LogP contribution in [0.4, 0.5) is 5.69 Å². The van der Waals surface area contributed by atoms with Crippen molar-refractivity contribution in [2.24, 2.45) is 5.92 Å². The Balaban J connectivity index is 2.08. The Hall–Kier alpha value is -0.670. The average molecular weight is 256 g/mol. The second kappa shape index (κ2) is 5.11. The van der Waals surface area contributed by atoms with E-state index in [9.17, 15) is 4.79 Å². The molecule has 1 atom stereocenters. The van der Waals surface area contributed by atoms with Crippen LogP contribution in [0.3, 0.4) is 0 Å². The molecule has 0 aliphatic carbocycles. The van der Waals surface area contributed by atoms with Gasteiger partial charge in [-0.05, 0) is 36.8 Å². The molecule has 1 aromatic rings. The van der Waals surface area contributed by atoms with Gasteiger partial charge in [0, 0.05) is 22.4 Å². The first-order valence-electron chi connectivity index (χ1n) is 5.32. The molecule has 1 aromatic carbocycles. The van der Waals surface area contributed by atoms with Crippen LogP contribution >= 0.6 is 23.4 Å². The van der Waals surface area contributed by atoms with Gasteiger partial charge >= 0.3 is 0 Å². The Morgan fingerprint density at radius 2 is 2.38 bits per heavy atom. The van der Waals surface area contributed by atoms with Crippen molar-refractivity contribution in [2.75, 3.05) is 16.8 Å². The van der Waals surface area contributed by atoms with Gasteiger partial charge in [0.15, 0.2) is 0 Å². The van der Waals surface area contributed by atoms with E-state index >= 15 is 0 Å². The quantitative estimate of drug-likeness (QED) is 0.878. The zero-order chi connectivity index (χ0) is 11.5. The number of halogens is 1. The number of amides is 1. The summed E-state index contributed by atoms with van der Waals surface area (Å²) in [5.41, 5.74) is 1.76. The summed E-state index contributed by atoms with van der Waals surface area (Å²) >= 11 is 7.84. The van der Waals surface area contributed by atoms with Crippen LogP contribution in [-0.4, -0.2) is 17.4 Å². The number of nitrogens with one attached hydrogen (secondary N) is 1. The highest BCUT2D eigenvalue weighted by Gasteiger charge is 2.23. The first-order chi connectivity index (χ1) is 7.68. The van der Waals surface area contributed by atoms with E-state index in [-0.39, 0.29) is 11.8 Å². The van der Waals surface area contributed by atoms with Gasteiger partial charge in [0.25, 0.3) is 0 Å². The molecule has 0 spiro atoms. The number of rotatable bonds is 2. The lowest BCUT2D eigenvalue weighted by Gasteiger charge is -2.12. The van der Waals surface area contributed by atoms with Crippen molar-refractivity contribution in [3.05, 3.63) is 28.8 Å². The maximum atomic E-state index is 11.9. The second-order valence-corrected chi connectivity index (χ2v) is 5.52.